The minimum atomic E-state index is -0.655. The van der Waals surface area contributed by atoms with E-state index in [1.165, 1.54) is 0 Å². The lowest BCUT2D eigenvalue weighted by molar-refractivity contribution is 0.0967. The molecule has 0 bridgehead atoms. The summed E-state index contributed by atoms with van der Waals surface area (Å²) >= 11 is 1.10. The van der Waals surface area contributed by atoms with Crippen molar-refractivity contribution in [3.8, 4) is 0 Å². The number of nitrogens with zero attached hydrogens (tertiary/aromatic N) is 1. The number of nitrogens with one attached hydrogen (secondary N) is 3. The van der Waals surface area contributed by atoms with E-state index in [0.717, 1.165) is 17.8 Å². The van der Waals surface area contributed by atoms with E-state index < -0.39 is 17.5 Å². The molecule has 33 heavy (non-hydrogen) atoms. The monoisotopic (exact) mass is 462 g/mol. The number of rotatable bonds is 7. The van der Waals surface area contributed by atoms with Crippen LogP contribution in [-0.4, -0.2) is 41.0 Å². The lowest BCUT2D eigenvalue weighted by Crippen LogP contribution is -2.30. The summed E-state index contributed by atoms with van der Waals surface area (Å²) in [5.74, 6) is -1.66. The normalized spacial score (nSPS) is 12.5. The Kier molecular flexibility index (Phi) is 6.65. The number of Topliss-reactive ketones (excluding diaryl/α,β-unsaturated/α-hetero) is 1. The Hall–Kier alpha value is -4.18. The molecule has 166 valence electrons. The van der Waals surface area contributed by atoms with E-state index in [1.807, 2.05) is 6.07 Å². The number of benzene rings is 2. The Bertz CT molecular complexity index is 1240. The molecular weight excluding hydrogens is 444 g/mol. The molecule has 3 amide bonds. The number of para-hydroxylation sites is 2. The van der Waals surface area contributed by atoms with Gasteiger partial charge in [0, 0.05) is 29.7 Å². The number of amides is 3. The van der Waals surface area contributed by atoms with E-state index in [-0.39, 0.29) is 34.5 Å². The van der Waals surface area contributed by atoms with Crippen LogP contribution in [0.2, 0.25) is 0 Å². The van der Waals surface area contributed by atoms with Crippen LogP contribution in [0.25, 0.3) is 0 Å². The molecule has 3 N–H and O–H groups in total. The highest BCUT2D eigenvalue weighted by molar-refractivity contribution is 8.04. The van der Waals surface area contributed by atoms with Crippen molar-refractivity contribution >= 4 is 46.6 Å². The van der Waals surface area contributed by atoms with Crippen LogP contribution in [-0.2, 0) is 0 Å². The second-order valence-corrected chi connectivity index (χ2v) is 7.99. The van der Waals surface area contributed by atoms with Gasteiger partial charge in [0.25, 0.3) is 5.91 Å². The number of ketones is 2. The highest BCUT2D eigenvalue weighted by Gasteiger charge is 2.36. The van der Waals surface area contributed by atoms with Gasteiger partial charge in [0.2, 0.25) is 17.3 Å². The summed E-state index contributed by atoms with van der Waals surface area (Å²) < 4.78 is 4.99. The number of carbonyl (C=O) groups is 4. The lowest BCUT2D eigenvalue weighted by Gasteiger charge is -2.12. The third-order valence-corrected chi connectivity index (χ3v) is 5.57. The van der Waals surface area contributed by atoms with E-state index >= 15 is 0 Å². The Labute approximate surface area is 192 Å². The molecule has 9 nitrogen and oxygen atoms in total. The van der Waals surface area contributed by atoms with Crippen LogP contribution in [0.1, 0.15) is 31.4 Å². The molecule has 0 atom stereocenters. The zero-order chi connectivity index (χ0) is 23.2. The van der Waals surface area contributed by atoms with Gasteiger partial charge in [-0.15, -0.1) is 11.8 Å². The van der Waals surface area contributed by atoms with E-state index in [4.69, 9.17) is 4.52 Å². The van der Waals surface area contributed by atoms with Crippen LogP contribution in [0.15, 0.2) is 76.2 Å². The smallest absolute Gasteiger partial charge is 0.319 e. The van der Waals surface area contributed by atoms with Gasteiger partial charge in [-0.2, -0.15) is 0 Å². The quantitative estimate of drug-likeness (QED) is 0.456. The molecule has 0 spiro atoms. The van der Waals surface area contributed by atoms with Crippen molar-refractivity contribution in [3.05, 3.63) is 88.7 Å². The maximum atomic E-state index is 12.9. The van der Waals surface area contributed by atoms with Gasteiger partial charge in [0.05, 0.1) is 4.91 Å². The van der Waals surface area contributed by atoms with Gasteiger partial charge < -0.3 is 20.5 Å². The summed E-state index contributed by atoms with van der Waals surface area (Å²) in [6.45, 7) is 0.250. The number of anilines is 2. The van der Waals surface area contributed by atoms with Gasteiger partial charge in [-0.1, -0.05) is 41.6 Å². The first-order valence-electron chi connectivity index (χ1n) is 9.92. The average molecular weight is 462 g/mol. The topological polar surface area (TPSA) is 130 Å². The summed E-state index contributed by atoms with van der Waals surface area (Å²) in [6, 6.07) is 17.2. The molecule has 0 fully saturated rings. The molecule has 2 aromatic carbocycles. The van der Waals surface area contributed by atoms with Gasteiger partial charge >= 0.3 is 6.03 Å². The van der Waals surface area contributed by atoms with Crippen molar-refractivity contribution in [1.82, 2.24) is 10.5 Å². The minimum absolute atomic E-state index is 0.148. The van der Waals surface area contributed by atoms with Crippen molar-refractivity contribution in [2.24, 2.45) is 0 Å². The fourth-order valence-corrected chi connectivity index (χ4v) is 3.89. The third kappa shape index (κ3) is 5.18. The number of allylic oxidation sites excluding steroid dienone is 2. The second-order valence-electron chi connectivity index (χ2n) is 6.85. The highest BCUT2D eigenvalue weighted by atomic mass is 32.2. The van der Waals surface area contributed by atoms with Crippen LogP contribution in [0, 0.1) is 0 Å². The standard InChI is InChI=1S/C23H18N4O5S/c28-16-13-17(33-12-11-24-23(31)26-15-9-5-2-6-10-15)20(29)18-19(27-32-21(16)18)22(30)25-14-7-3-1-4-8-14/h1-10,13H,11-12H2,(H,25,30)(H2,24,26,31). The van der Waals surface area contributed by atoms with Crippen LogP contribution in [0.4, 0.5) is 16.2 Å². The first-order valence-corrected chi connectivity index (χ1v) is 10.9. The maximum absolute atomic E-state index is 12.9. The van der Waals surface area contributed by atoms with Crippen LogP contribution in [0.5, 0.6) is 0 Å². The maximum Gasteiger partial charge on any atom is 0.319 e. The van der Waals surface area contributed by atoms with Crippen LogP contribution >= 0.6 is 11.8 Å². The van der Waals surface area contributed by atoms with Crippen molar-refractivity contribution < 1.29 is 23.7 Å². The highest BCUT2D eigenvalue weighted by Crippen LogP contribution is 2.30. The van der Waals surface area contributed by atoms with E-state index in [0.29, 0.717) is 17.1 Å². The van der Waals surface area contributed by atoms with Gasteiger partial charge in [-0.05, 0) is 24.3 Å². The molecule has 4 rings (SSSR count). The van der Waals surface area contributed by atoms with Gasteiger partial charge in [0.1, 0.15) is 5.56 Å². The summed E-state index contributed by atoms with van der Waals surface area (Å²) in [7, 11) is 0. The average Bonchev–Trinajstić information content (AvgIpc) is 3.27. The lowest BCUT2D eigenvalue weighted by atomic mass is 9.99. The number of thioether (sulfide) groups is 1. The predicted octanol–water partition coefficient (Wildman–Crippen LogP) is 3.74. The van der Waals surface area contributed by atoms with Gasteiger partial charge in [-0.25, -0.2) is 4.79 Å². The zero-order valence-corrected chi connectivity index (χ0v) is 18.0. The molecule has 1 heterocycles. The molecule has 0 unspecified atom stereocenters. The molecule has 0 saturated heterocycles. The van der Waals surface area contributed by atoms with Crippen LogP contribution < -0.4 is 16.0 Å². The molecule has 1 aliphatic carbocycles. The number of urea groups is 1. The fraction of sp³-hybridized carbons (Fsp3) is 0.0870. The Morgan fingerprint density at radius 1 is 0.909 bits per heavy atom. The number of carbonyl (C=O) groups excluding carboxylic acids is 4. The second kappa shape index (κ2) is 9.96. The third-order valence-electron chi connectivity index (χ3n) is 4.55. The Morgan fingerprint density at radius 2 is 1.55 bits per heavy atom. The summed E-state index contributed by atoms with van der Waals surface area (Å²) in [6.07, 6.45) is 1.16. The minimum Gasteiger partial charge on any atom is -0.351 e. The number of hydrogen-bond donors (Lipinski definition) is 3. The molecule has 0 aliphatic heterocycles. The van der Waals surface area contributed by atoms with Crippen LogP contribution in [0.3, 0.4) is 0 Å². The number of hydrogen-bond acceptors (Lipinski definition) is 7. The Balaban J connectivity index is 1.36. The van der Waals surface area contributed by atoms with Gasteiger partial charge in [-0.3, -0.25) is 14.4 Å². The predicted molar refractivity (Wildman–Crippen MR) is 124 cm³/mol. The largest absolute Gasteiger partial charge is 0.351 e. The van der Waals surface area contributed by atoms with E-state index in [1.54, 1.807) is 54.6 Å². The van der Waals surface area contributed by atoms with Crippen molar-refractivity contribution in [2.75, 3.05) is 22.9 Å². The molecular formula is C23H18N4O5S. The fourth-order valence-electron chi connectivity index (χ4n) is 3.04. The van der Waals surface area contributed by atoms with Crippen molar-refractivity contribution in [2.45, 2.75) is 0 Å². The number of fused-ring (bicyclic) bond motifs is 1. The molecule has 1 aromatic heterocycles. The van der Waals surface area contributed by atoms with Gasteiger partial charge in [0.15, 0.2) is 5.69 Å². The molecule has 0 radical (unpaired) electrons. The first kappa shape index (κ1) is 22.0. The summed E-state index contributed by atoms with van der Waals surface area (Å²) in [5, 5.41) is 11.6. The van der Waals surface area contributed by atoms with E-state index in [2.05, 4.69) is 21.1 Å². The number of aromatic nitrogens is 1. The molecule has 1 aliphatic rings. The molecule has 0 saturated carbocycles. The molecule has 10 heteroatoms. The van der Waals surface area contributed by atoms with Crippen molar-refractivity contribution in [3.63, 3.8) is 0 Å². The van der Waals surface area contributed by atoms with E-state index in [9.17, 15) is 19.2 Å². The van der Waals surface area contributed by atoms with Crippen molar-refractivity contribution in [1.29, 1.82) is 0 Å². The SMILES string of the molecule is O=C(NCCSC1=CC(=O)c2onc(C(=O)Nc3ccccc3)c2C1=O)Nc1ccccc1. The Morgan fingerprint density at radius 3 is 2.21 bits per heavy atom. The summed E-state index contributed by atoms with van der Waals surface area (Å²) in [4.78, 5) is 50.0. The summed E-state index contributed by atoms with van der Waals surface area (Å²) in [5.41, 5.74) is 0.755. The zero-order valence-electron chi connectivity index (χ0n) is 17.2. The first-order chi connectivity index (χ1) is 16.0. The molecule has 3 aromatic rings.